The van der Waals surface area contributed by atoms with Gasteiger partial charge in [-0.05, 0) is 13.8 Å². The van der Waals surface area contributed by atoms with Crippen molar-refractivity contribution in [1.29, 1.82) is 0 Å². The van der Waals surface area contributed by atoms with Crippen molar-refractivity contribution >= 4 is 17.3 Å². The molecule has 2 heterocycles. The second-order valence-electron chi connectivity index (χ2n) is 5.47. The second kappa shape index (κ2) is 4.44. The van der Waals surface area contributed by atoms with Crippen molar-refractivity contribution in [3.63, 3.8) is 0 Å². The monoisotopic (exact) mass is 274 g/mol. The van der Waals surface area contributed by atoms with Crippen LogP contribution in [0.5, 0.6) is 11.5 Å². The summed E-state index contributed by atoms with van der Waals surface area (Å²) in [6.07, 6.45) is 1.72. The molecule has 3 rings (SSSR count). The van der Waals surface area contributed by atoms with Crippen molar-refractivity contribution in [2.75, 3.05) is 30.0 Å². The van der Waals surface area contributed by atoms with Crippen LogP contribution in [-0.4, -0.2) is 31.2 Å². The number of benzene rings is 1. The molecule has 0 radical (unpaired) electrons. The molecule has 0 saturated carbocycles. The van der Waals surface area contributed by atoms with Crippen LogP contribution in [0.2, 0.25) is 0 Å². The molecule has 1 amide bonds. The summed E-state index contributed by atoms with van der Waals surface area (Å²) in [6.45, 7) is 9.00. The van der Waals surface area contributed by atoms with Gasteiger partial charge >= 0.3 is 0 Å². The first-order valence-electron chi connectivity index (χ1n) is 6.67. The fourth-order valence-electron chi connectivity index (χ4n) is 2.55. The Morgan fingerprint density at radius 1 is 1.35 bits per heavy atom. The van der Waals surface area contributed by atoms with Crippen LogP contribution in [-0.2, 0) is 4.79 Å². The van der Waals surface area contributed by atoms with Crippen molar-refractivity contribution in [3.8, 4) is 11.5 Å². The van der Waals surface area contributed by atoms with Gasteiger partial charge in [-0.1, -0.05) is 6.08 Å². The number of nitrogens with zero attached hydrogens (tertiary/aromatic N) is 1. The first-order chi connectivity index (χ1) is 9.53. The van der Waals surface area contributed by atoms with Crippen LogP contribution in [0.15, 0.2) is 24.8 Å². The van der Waals surface area contributed by atoms with Crippen LogP contribution in [0.4, 0.5) is 11.4 Å². The van der Waals surface area contributed by atoms with Gasteiger partial charge in [-0.3, -0.25) is 4.79 Å². The summed E-state index contributed by atoms with van der Waals surface area (Å²) < 4.78 is 11.2. The van der Waals surface area contributed by atoms with E-state index in [-0.39, 0.29) is 5.91 Å². The molecule has 1 N–H and O–H groups in total. The van der Waals surface area contributed by atoms with Gasteiger partial charge in [-0.2, -0.15) is 0 Å². The minimum absolute atomic E-state index is 0.0153. The Bertz CT molecular complexity index is 581. The number of carbonyl (C=O) groups is 1. The zero-order valence-corrected chi connectivity index (χ0v) is 11.7. The number of rotatable bonds is 2. The third-order valence-corrected chi connectivity index (χ3v) is 3.49. The van der Waals surface area contributed by atoms with Gasteiger partial charge in [-0.15, -0.1) is 6.58 Å². The number of fused-ring (bicyclic) bond motifs is 2. The third kappa shape index (κ3) is 1.90. The summed E-state index contributed by atoms with van der Waals surface area (Å²) >= 11 is 0. The summed E-state index contributed by atoms with van der Waals surface area (Å²) in [5, 5.41) is 3.26. The average Bonchev–Trinajstić information content (AvgIpc) is 2.42. The van der Waals surface area contributed by atoms with Gasteiger partial charge in [0, 0.05) is 18.7 Å². The fourth-order valence-corrected chi connectivity index (χ4v) is 2.55. The maximum absolute atomic E-state index is 12.5. The number of hydrogen-bond donors (Lipinski definition) is 1. The van der Waals surface area contributed by atoms with Crippen molar-refractivity contribution in [2.45, 2.75) is 19.4 Å². The Morgan fingerprint density at radius 3 is 2.65 bits per heavy atom. The summed E-state index contributed by atoms with van der Waals surface area (Å²) in [5.41, 5.74) is 1.03. The summed E-state index contributed by atoms with van der Waals surface area (Å²) in [6, 6.07) is 3.75. The van der Waals surface area contributed by atoms with E-state index in [0.29, 0.717) is 31.3 Å². The van der Waals surface area contributed by atoms with E-state index in [9.17, 15) is 4.79 Å². The SMILES string of the molecule is C=CCN1C(=O)C(C)(C)Nc2cc3c(cc21)OCCO3. The summed E-state index contributed by atoms with van der Waals surface area (Å²) in [4.78, 5) is 14.2. The number of amides is 1. The molecular formula is C15H18N2O3. The lowest BCUT2D eigenvalue weighted by Crippen LogP contribution is -2.54. The Morgan fingerprint density at radius 2 is 2.00 bits per heavy atom. The lowest BCUT2D eigenvalue weighted by molar-refractivity contribution is -0.122. The Balaban J connectivity index is 2.12. The van der Waals surface area contributed by atoms with E-state index in [1.54, 1.807) is 11.0 Å². The highest BCUT2D eigenvalue weighted by Crippen LogP contribution is 2.43. The largest absolute Gasteiger partial charge is 0.486 e. The van der Waals surface area contributed by atoms with Crippen molar-refractivity contribution in [1.82, 2.24) is 0 Å². The molecule has 1 aromatic rings. The van der Waals surface area contributed by atoms with E-state index in [4.69, 9.17) is 9.47 Å². The minimum Gasteiger partial charge on any atom is -0.486 e. The number of carbonyl (C=O) groups excluding carboxylic acids is 1. The van der Waals surface area contributed by atoms with Gasteiger partial charge in [0.25, 0.3) is 5.91 Å². The van der Waals surface area contributed by atoms with E-state index in [1.165, 1.54) is 0 Å². The Kier molecular flexibility index (Phi) is 2.85. The van der Waals surface area contributed by atoms with Gasteiger partial charge in [0.2, 0.25) is 0 Å². The molecule has 20 heavy (non-hydrogen) atoms. The van der Waals surface area contributed by atoms with Crippen LogP contribution in [0.1, 0.15) is 13.8 Å². The van der Waals surface area contributed by atoms with Crippen LogP contribution in [0.3, 0.4) is 0 Å². The minimum atomic E-state index is -0.653. The van der Waals surface area contributed by atoms with Crippen LogP contribution in [0.25, 0.3) is 0 Å². The van der Waals surface area contributed by atoms with E-state index in [1.807, 2.05) is 26.0 Å². The Labute approximate surface area is 118 Å². The number of hydrogen-bond acceptors (Lipinski definition) is 4. The van der Waals surface area contributed by atoms with Crippen LogP contribution < -0.4 is 19.7 Å². The van der Waals surface area contributed by atoms with Gasteiger partial charge in [-0.25, -0.2) is 0 Å². The summed E-state index contributed by atoms with van der Waals surface area (Å²) in [7, 11) is 0. The van der Waals surface area contributed by atoms with E-state index < -0.39 is 5.54 Å². The first-order valence-corrected chi connectivity index (χ1v) is 6.67. The smallest absolute Gasteiger partial charge is 0.252 e. The molecule has 0 aromatic heterocycles. The molecular weight excluding hydrogens is 256 g/mol. The Hall–Kier alpha value is -2.17. The molecule has 1 aromatic carbocycles. The van der Waals surface area contributed by atoms with E-state index in [2.05, 4.69) is 11.9 Å². The van der Waals surface area contributed by atoms with Gasteiger partial charge in [0.05, 0.1) is 11.4 Å². The number of nitrogens with one attached hydrogen (secondary N) is 1. The molecule has 5 heteroatoms. The van der Waals surface area contributed by atoms with E-state index in [0.717, 1.165) is 11.4 Å². The van der Waals surface area contributed by atoms with Crippen molar-refractivity contribution in [3.05, 3.63) is 24.8 Å². The van der Waals surface area contributed by atoms with Crippen LogP contribution in [0, 0.1) is 0 Å². The normalized spacial score (nSPS) is 19.1. The highest BCUT2D eigenvalue weighted by molar-refractivity contribution is 6.08. The zero-order valence-electron chi connectivity index (χ0n) is 11.7. The molecule has 0 saturated heterocycles. The molecule has 0 atom stereocenters. The fraction of sp³-hybridized carbons (Fsp3) is 0.400. The number of anilines is 2. The molecule has 5 nitrogen and oxygen atoms in total. The number of ether oxygens (including phenoxy) is 2. The topological polar surface area (TPSA) is 50.8 Å². The lowest BCUT2D eigenvalue weighted by Gasteiger charge is -2.40. The quantitative estimate of drug-likeness (QED) is 0.840. The molecule has 0 spiro atoms. The maximum Gasteiger partial charge on any atom is 0.252 e. The van der Waals surface area contributed by atoms with Crippen molar-refractivity contribution in [2.24, 2.45) is 0 Å². The predicted molar refractivity (Wildman–Crippen MR) is 77.7 cm³/mol. The van der Waals surface area contributed by atoms with Gasteiger partial charge in [0.15, 0.2) is 11.5 Å². The van der Waals surface area contributed by atoms with Crippen LogP contribution >= 0.6 is 0 Å². The third-order valence-electron chi connectivity index (χ3n) is 3.49. The zero-order chi connectivity index (χ0) is 14.3. The highest BCUT2D eigenvalue weighted by Gasteiger charge is 2.39. The van der Waals surface area contributed by atoms with Crippen molar-refractivity contribution < 1.29 is 14.3 Å². The maximum atomic E-state index is 12.5. The molecule has 0 fully saturated rings. The first kappa shape index (κ1) is 12.8. The van der Waals surface area contributed by atoms with Gasteiger partial charge < -0.3 is 19.7 Å². The standard InChI is InChI=1S/C15H18N2O3/c1-4-5-17-11-9-13-12(19-6-7-20-13)8-10(11)16-15(2,3)14(17)18/h4,8-9,16H,1,5-7H2,2-3H3. The molecule has 0 aliphatic carbocycles. The summed E-state index contributed by atoms with van der Waals surface area (Å²) in [5.74, 6) is 1.41. The predicted octanol–water partition coefficient (Wildman–Crippen LogP) is 2.18. The van der Waals surface area contributed by atoms with Gasteiger partial charge in [0.1, 0.15) is 18.8 Å². The molecule has 2 aliphatic rings. The second-order valence-corrected chi connectivity index (χ2v) is 5.47. The average molecular weight is 274 g/mol. The molecule has 2 aliphatic heterocycles. The van der Waals surface area contributed by atoms with E-state index >= 15 is 0 Å². The highest BCUT2D eigenvalue weighted by atomic mass is 16.6. The lowest BCUT2D eigenvalue weighted by atomic mass is 9.97. The molecule has 0 bridgehead atoms. The molecule has 0 unspecified atom stereocenters. The molecule has 106 valence electrons.